The van der Waals surface area contributed by atoms with Gasteiger partial charge in [-0.3, -0.25) is 4.79 Å². The van der Waals surface area contributed by atoms with Crippen LogP contribution in [0.2, 0.25) is 4.34 Å². The molecule has 1 aliphatic rings. The molecule has 2 heterocycles. The van der Waals surface area contributed by atoms with Gasteiger partial charge in [-0.15, -0.1) is 23.7 Å². The lowest BCUT2D eigenvalue weighted by molar-refractivity contribution is -0.123. The zero-order valence-electron chi connectivity index (χ0n) is 11.3. The fourth-order valence-corrected chi connectivity index (χ4v) is 3.41. The predicted octanol–water partition coefficient (Wildman–Crippen LogP) is 3.15. The van der Waals surface area contributed by atoms with Gasteiger partial charge in [0, 0.05) is 11.4 Å². The standard InChI is InChI=1S/C15H15ClN2OS.ClH/c16-14-6-5-12(20-14)9-18-15(19)13-7-10-3-1-2-4-11(10)8-17-13;/h1-6,13,17H,7-9H2,(H,18,19);1H. The molecule has 0 saturated carbocycles. The van der Waals surface area contributed by atoms with Gasteiger partial charge in [-0.1, -0.05) is 35.9 Å². The van der Waals surface area contributed by atoms with E-state index in [2.05, 4.69) is 22.8 Å². The average molecular weight is 343 g/mol. The topological polar surface area (TPSA) is 41.1 Å². The van der Waals surface area contributed by atoms with Crippen molar-refractivity contribution in [1.82, 2.24) is 10.6 Å². The molecule has 0 bridgehead atoms. The monoisotopic (exact) mass is 342 g/mol. The van der Waals surface area contributed by atoms with E-state index in [1.165, 1.54) is 22.5 Å². The van der Waals surface area contributed by atoms with Crippen molar-refractivity contribution >= 4 is 41.3 Å². The van der Waals surface area contributed by atoms with Crippen molar-refractivity contribution in [1.29, 1.82) is 0 Å². The first-order valence-electron chi connectivity index (χ1n) is 6.54. The molecule has 0 spiro atoms. The number of nitrogens with one attached hydrogen (secondary N) is 2. The number of carbonyl (C=O) groups is 1. The van der Waals surface area contributed by atoms with E-state index in [0.717, 1.165) is 22.2 Å². The SMILES string of the molecule is Cl.O=C(NCc1ccc(Cl)s1)C1Cc2ccccc2CN1. The van der Waals surface area contributed by atoms with Crippen molar-refractivity contribution < 1.29 is 4.79 Å². The summed E-state index contributed by atoms with van der Waals surface area (Å²) >= 11 is 7.37. The van der Waals surface area contributed by atoms with Crippen LogP contribution in [0, 0.1) is 0 Å². The number of carbonyl (C=O) groups excluding carboxylic acids is 1. The maximum atomic E-state index is 12.2. The Morgan fingerprint density at radius 2 is 2.05 bits per heavy atom. The highest BCUT2D eigenvalue weighted by molar-refractivity contribution is 7.16. The lowest BCUT2D eigenvalue weighted by Gasteiger charge is -2.25. The highest BCUT2D eigenvalue weighted by Crippen LogP contribution is 2.21. The van der Waals surface area contributed by atoms with Crippen molar-refractivity contribution in [2.45, 2.75) is 25.6 Å². The maximum absolute atomic E-state index is 12.2. The number of thiophene rings is 1. The smallest absolute Gasteiger partial charge is 0.237 e. The Kier molecular flexibility index (Phi) is 5.65. The highest BCUT2D eigenvalue weighted by atomic mass is 35.5. The Morgan fingerprint density at radius 1 is 1.29 bits per heavy atom. The van der Waals surface area contributed by atoms with E-state index in [-0.39, 0.29) is 24.4 Å². The zero-order chi connectivity index (χ0) is 13.9. The third-order valence-corrected chi connectivity index (χ3v) is 4.69. The number of hydrogen-bond donors (Lipinski definition) is 2. The molecule has 1 amide bonds. The molecule has 21 heavy (non-hydrogen) atoms. The lowest BCUT2D eigenvalue weighted by Crippen LogP contribution is -2.47. The first-order valence-corrected chi connectivity index (χ1v) is 7.74. The maximum Gasteiger partial charge on any atom is 0.237 e. The largest absolute Gasteiger partial charge is 0.350 e. The summed E-state index contributed by atoms with van der Waals surface area (Å²) in [5.74, 6) is 0.0454. The van der Waals surface area contributed by atoms with Crippen LogP contribution in [0.4, 0.5) is 0 Å². The van der Waals surface area contributed by atoms with E-state index in [4.69, 9.17) is 11.6 Å². The van der Waals surface area contributed by atoms with Crippen LogP contribution in [-0.2, 0) is 24.3 Å². The molecule has 1 atom stereocenters. The number of benzene rings is 1. The molecule has 2 N–H and O–H groups in total. The van der Waals surface area contributed by atoms with Crippen molar-refractivity contribution in [3.05, 3.63) is 56.7 Å². The second-order valence-corrected chi connectivity index (χ2v) is 6.63. The van der Waals surface area contributed by atoms with Gasteiger partial charge in [-0.2, -0.15) is 0 Å². The van der Waals surface area contributed by atoms with Crippen LogP contribution in [0.5, 0.6) is 0 Å². The molecule has 3 nitrogen and oxygen atoms in total. The van der Waals surface area contributed by atoms with Crippen LogP contribution in [0.1, 0.15) is 16.0 Å². The lowest BCUT2D eigenvalue weighted by atomic mass is 9.95. The van der Waals surface area contributed by atoms with Gasteiger partial charge >= 0.3 is 0 Å². The fourth-order valence-electron chi connectivity index (χ4n) is 2.38. The first kappa shape index (κ1) is 16.3. The second kappa shape index (κ2) is 7.27. The summed E-state index contributed by atoms with van der Waals surface area (Å²) in [7, 11) is 0. The summed E-state index contributed by atoms with van der Waals surface area (Å²) in [6, 6.07) is 11.9. The summed E-state index contributed by atoms with van der Waals surface area (Å²) < 4.78 is 0.749. The van der Waals surface area contributed by atoms with E-state index in [1.54, 1.807) is 0 Å². The normalized spacial score (nSPS) is 16.7. The third-order valence-electron chi connectivity index (χ3n) is 3.46. The Hall–Kier alpha value is -1.07. The molecule has 0 saturated heterocycles. The van der Waals surface area contributed by atoms with Crippen molar-refractivity contribution in [2.75, 3.05) is 0 Å². The number of amides is 1. The molecular formula is C15H16Cl2N2OS. The van der Waals surface area contributed by atoms with Gasteiger partial charge in [0.1, 0.15) is 0 Å². The van der Waals surface area contributed by atoms with E-state index in [9.17, 15) is 4.79 Å². The Bertz CT molecular complexity index is 630. The summed E-state index contributed by atoms with van der Waals surface area (Å²) in [6.07, 6.45) is 0.743. The van der Waals surface area contributed by atoms with E-state index >= 15 is 0 Å². The molecule has 1 unspecified atom stereocenters. The van der Waals surface area contributed by atoms with E-state index in [1.807, 2.05) is 24.3 Å². The Balaban J connectivity index is 0.00000161. The summed E-state index contributed by atoms with van der Waals surface area (Å²) in [6.45, 7) is 1.29. The van der Waals surface area contributed by atoms with Crippen LogP contribution in [-0.4, -0.2) is 11.9 Å². The second-order valence-electron chi connectivity index (χ2n) is 4.83. The minimum absolute atomic E-state index is 0. The number of hydrogen-bond acceptors (Lipinski definition) is 3. The van der Waals surface area contributed by atoms with Gasteiger partial charge in [-0.25, -0.2) is 0 Å². The van der Waals surface area contributed by atoms with Gasteiger partial charge in [0.05, 0.1) is 16.9 Å². The van der Waals surface area contributed by atoms with Crippen LogP contribution >= 0.6 is 35.3 Å². The van der Waals surface area contributed by atoms with Gasteiger partial charge in [0.25, 0.3) is 0 Å². The van der Waals surface area contributed by atoms with Gasteiger partial charge in [0.15, 0.2) is 0 Å². The number of rotatable bonds is 3. The predicted molar refractivity (Wildman–Crippen MR) is 89.2 cm³/mol. The fraction of sp³-hybridized carbons (Fsp3) is 0.267. The summed E-state index contributed by atoms with van der Waals surface area (Å²) in [5, 5.41) is 6.24. The van der Waals surface area contributed by atoms with Crippen LogP contribution in [0.3, 0.4) is 0 Å². The van der Waals surface area contributed by atoms with Crippen molar-refractivity contribution in [3.8, 4) is 0 Å². The van der Waals surface area contributed by atoms with Crippen LogP contribution < -0.4 is 10.6 Å². The quantitative estimate of drug-likeness (QED) is 0.899. The first-order chi connectivity index (χ1) is 9.72. The minimum Gasteiger partial charge on any atom is -0.350 e. The molecule has 0 fully saturated rings. The van der Waals surface area contributed by atoms with Gasteiger partial charge in [-0.05, 0) is 29.7 Å². The molecule has 6 heteroatoms. The molecule has 3 rings (SSSR count). The van der Waals surface area contributed by atoms with E-state index in [0.29, 0.717) is 6.54 Å². The summed E-state index contributed by atoms with van der Waals surface area (Å²) in [4.78, 5) is 13.3. The summed E-state index contributed by atoms with van der Waals surface area (Å²) in [5.41, 5.74) is 2.53. The Morgan fingerprint density at radius 3 is 2.76 bits per heavy atom. The van der Waals surface area contributed by atoms with Crippen molar-refractivity contribution in [2.24, 2.45) is 0 Å². The molecule has 0 radical (unpaired) electrons. The van der Waals surface area contributed by atoms with E-state index < -0.39 is 0 Å². The molecule has 0 aliphatic carbocycles. The molecule has 112 valence electrons. The van der Waals surface area contributed by atoms with Gasteiger partial charge in [0.2, 0.25) is 5.91 Å². The van der Waals surface area contributed by atoms with Gasteiger partial charge < -0.3 is 10.6 Å². The number of halogens is 2. The Labute approximate surface area is 139 Å². The molecule has 1 aromatic carbocycles. The van der Waals surface area contributed by atoms with Crippen molar-refractivity contribution in [3.63, 3.8) is 0 Å². The zero-order valence-corrected chi connectivity index (χ0v) is 13.7. The minimum atomic E-state index is -0.152. The highest BCUT2D eigenvalue weighted by Gasteiger charge is 2.23. The number of fused-ring (bicyclic) bond motifs is 1. The molecule has 1 aliphatic heterocycles. The third kappa shape index (κ3) is 3.98. The average Bonchev–Trinajstić information content (AvgIpc) is 2.90. The molecular weight excluding hydrogens is 327 g/mol. The van der Waals surface area contributed by atoms with Crippen LogP contribution in [0.25, 0.3) is 0 Å². The molecule has 1 aromatic heterocycles. The van der Waals surface area contributed by atoms with Crippen LogP contribution in [0.15, 0.2) is 36.4 Å². The molecule has 2 aromatic rings.